The van der Waals surface area contributed by atoms with Gasteiger partial charge in [0.1, 0.15) is 17.3 Å². The van der Waals surface area contributed by atoms with Crippen LogP contribution in [0.2, 0.25) is 0 Å². The first-order chi connectivity index (χ1) is 16.4. The van der Waals surface area contributed by atoms with Crippen molar-refractivity contribution in [1.82, 2.24) is 29.3 Å². The van der Waals surface area contributed by atoms with Crippen molar-refractivity contribution in [2.24, 2.45) is 0 Å². The van der Waals surface area contributed by atoms with E-state index in [0.717, 1.165) is 23.9 Å². The number of imidazole rings is 1. The SMILES string of the molecule is COc1nc(/C=C/c2nc3n(n2)CC[C@H](C)N3c2ccc(F)cc2F)ccc1-n1cnc(C)c1. The van der Waals surface area contributed by atoms with E-state index in [0.29, 0.717) is 29.9 Å². The Morgan fingerprint density at radius 3 is 2.65 bits per heavy atom. The van der Waals surface area contributed by atoms with E-state index < -0.39 is 11.6 Å². The van der Waals surface area contributed by atoms with Crippen molar-refractivity contribution in [3.63, 3.8) is 0 Å². The number of aryl methyl sites for hydroxylation is 2. The summed E-state index contributed by atoms with van der Waals surface area (Å²) in [6.07, 6.45) is 7.90. The molecule has 0 radical (unpaired) electrons. The molecular formula is C24H23F2N7O. The lowest BCUT2D eigenvalue weighted by Gasteiger charge is -2.34. The van der Waals surface area contributed by atoms with Gasteiger partial charge in [-0.05, 0) is 56.7 Å². The number of rotatable bonds is 5. The smallest absolute Gasteiger partial charge is 0.238 e. The Morgan fingerprint density at radius 2 is 1.91 bits per heavy atom. The van der Waals surface area contributed by atoms with Gasteiger partial charge in [-0.2, -0.15) is 4.98 Å². The molecule has 1 aliphatic heterocycles. The maximum absolute atomic E-state index is 14.5. The van der Waals surface area contributed by atoms with Gasteiger partial charge in [0.05, 0.1) is 30.5 Å². The second-order valence-corrected chi connectivity index (χ2v) is 8.12. The Labute approximate surface area is 195 Å². The van der Waals surface area contributed by atoms with Crippen LogP contribution in [0.4, 0.5) is 20.4 Å². The Morgan fingerprint density at radius 1 is 1.09 bits per heavy atom. The third-order valence-electron chi connectivity index (χ3n) is 5.70. The highest BCUT2D eigenvalue weighted by molar-refractivity contribution is 5.67. The van der Waals surface area contributed by atoms with Crippen molar-refractivity contribution >= 4 is 23.8 Å². The average molecular weight is 463 g/mol. The van der Waals surface area contributed by atoms with Gasteiger partial charge in [0.15, 0.2) is 5.82 Å². The summed E-state index contributed by atoms with van der Waals surface area (Å²) in [6.45, 7) is 4.55. The zero-order valence-electron chi connectivity index (χ0n) is 19.0. The first-order valence-corrected chi connectivity index (χ1v) is 10.9. The minimum atomic E-state index is -0.634. The van der Waals surface area contributed by atoms with Crippen LogP contribution in [0.3, 0.4) is 0 Å². The first kappa shape index (κ1) is 21.7. The summed E-state index contributed by atoms with van der Waals surface area (Å²) in [7, 11) is 1.57. The van der Waals surface area contributed by atoms with Gasteiger partial charge in [0, 0.05) is 24.8 Å². The molecule has 0 fully saturated rings. The van der Waals surface area contributed by atoms with E-state index in [4.69, 9.17) is 4.74 Å². The van der Waals surface area contributed by atoms with Gasteiger partial charge in [-0.25, -0.2) is 23.4 Å². The van der Waals surface area contributed by atoms with Crippen molar-refractivity contribution in [2.45, 2.75) is 32.9 Å². The molecule has 10 heteroatoms. The molecule has 4 aromatic rings. The molecular weight excluding hydrogens is 440 g/mol. The van der Waals surface area contributed by atoms with Crippen LogP contribution in [0, 0.1) is 18.6 Å². The topological polar surface area (TPSA) is 73.9 Å². The number of ether oxygens (including phenoxy) is 1. The normalized spacial score (nSPS) is 15.7. The van der Waals surface area contributed by atoms with E-state index >= 15 is 0 Å². The van der Waals surface area contributed by atoms with Crippen LogP contribution >= 0.6 is 0 Å². The van der Waals surface area contributed by atoms with Crippen LogP contribution < -0.4 is 9.64 Å². The van der Waals surface area contributed by atoms with Crippen LogP contribution in [0.25, 0.3) is 17.8 Å². The third-order valence-corrected chi connectivity index (χ3v) is 5.70. The second kappa shape index (κ2) is 8.69. The molecule has 0 saturated heterocycles. The summed E-state index contributed by atoms with van der Waals surface area (Å²) >= 11 is 0. The average Bonchev–Trinajstić information content (AvgIpc) is 3.44. The van der Waals surface area contributed by atoms with Gasteiger partial charge in [-0.15, -0.1) is 5.10 Å². The summed E-state index contributed by atoms with van der Waals surface area (Å²) in [5.74, 6) is 0.188. The molecule has 1 aromatic carbocycles. The van der Waals surface area contributed by atoms with Gasteiger partial charge in [-0.3, -0.25) is 0 Å². The molecule has 5 rings (SSSR count). The van der Waals surface area contributed by atoms with Gasteiger partial charge in [0.2, 0.25) is 11.8 Å². The Kier molecular flexibility index (Phi) is 5.56. The number of benzene rings is 1. The summed E-state index contributed by atoms with van der Waals surface area (Å²) in [4.78, 5) is 15.2. The van der Waals surface area contributed by atoms with Gasteiger partial charge in [0.25, 0.3) is 0 Å². The molecule has 4 heterocycles. The quantitative estimate of drug-likeness (QED) is 0.432. The Balaban J connectivity index is 1.44. The maximum Gasteiger partial charge on any atom is 0.238 e. The molecule has 0 saturated carbocycles. The van der Waals surface area contributed by atoms with Crippen molar-refractivity contribution < 1.29 is 13.5 Å². The van der Waals surface area contributed by atoms with Crippen molar-refractivity contribution in [2.75, 3.05) is 12.0 Å². The minimum Gasteiger partial charge on any atom is -0.479 e. The molecule has 174 valence electrons. The fourth-order valence-corrected chi connectivity index (χ4v) is 4.01. The van der Waals surface area contributed by atoms with Crippen molar-refractivity contribution in [3.8, 4) is 11.6 Å². The van der Waals surface area contributed by atoms with Crippen molar-refractivity contribution in [1.29, 1.82) is 0 Å². The predicted octanol–water partition coefficient (Wildman–Crippen LogP) is 4.55. The number of hydrogen-bond donors (Lipinski definition) is 0. The Bertz CT molecular complexity index is 1380. The highest BCUT2D eigenvalue weighted by Crippen LogP contribution is 2.34. The predicted molar refractivity (Wildman–Crippen MR) is 124 cm³/mol. The molecule has 3 aromatic heterocycles. The monoisotopic (exact) mass is 463 g/mol. The van der Waals surface area contributed by atoms with E-state index in [2.05, 4.69) is 20.1 Å². The molecule has 1 aliphatic rings. The lowest BCUT2D eigenvalue weighted by atomic mass is 10.1. The molecule has 8 nitrogen and oxygen atoms in total. The van der Waals surface area contributed by atoms with E-state index in [-0.39, 0.29) is 11.7 Å². The lowest BCUT2D eigenvalue weighted by Crippen LogP contribution is -2.36. The number of fused-ring (bicyclic) bond motifs is 1. The number of pyridine rings is 1. The molecule has 34 heavy (non-hydrogen) atoms. The number of aromatic nitrogens is 6. The fraction of sp³-hybridized carbons (Fsp3) is 0.250. The van der Waals surface area contributed by atoms with E-state index in [9.17, 15) is 8.78 Å². The number of halogens is 2. The fourth-order valence-electron chi connectivity index (χ4n) is 4.01. The highest BCUT2D eigenvalue weighted by Gasteiger charge is 2.29. The zero-order chi connectivity index (χ0) is 23.8. The summed E-state index contributed by atoms with van der Waals surface area (Å²) < 4.78 is 37.0. The second-order valence-electron chi connectivity index (χ2n) is 8.12. The first-order valence-electron chi connectivity index (χ1n) is 10.9. The molecule has 0 aliphatic carbocycles. The molecule has 1 atom stereocenters. The molecule has 0 bridgehead atoms. The van der Waals surface area contributed by atoms with Crippen LogP contribution in [-0.2, 0) is 6.54 Å². The lowest BCUT2D eigenvalue weighted by molar-refractivity contribution is 0.395. The number of methoxy groups -OCH3 is 1. The molecule has 0 amide bonds. The number of hydrogen-bond acceptors (Lipinski definition) is 6. The van der Waals surface area contributed by atoms with Gasteiger partial charge < -0.3 is 14.2 Å². The summed E-state index contributed by atoms with van der Waals surface area (Å²) in [6, 6.07) is 7.31. The van der Waals surface area contributed by atoms with E-state index in [1.165, 1.54) is 12.1 Å². The highest BCUT2D eigenvalue weighted by atomic mass is 19.1. The number of anilines is 2. The summed E-state index contributed by atoms with van der Waals surface area (Å²) in [5, 5.41) is 4.54. The molecule has 0 N–H and O–H groups in total. The van der Waals surface area contributed by atoms with Gasteiger partial charge in [-0.1, -0.05) is 0 Å². The zero-order valence-corrected chi connectivity index (χ0v) is 19.0. The third kappa shape index (κ3) is 4.02. The minimum absolute atomic E-state index is 0.0150. The summed E-state index contributed by atoms with van der Waals surface area (Å²) in [5.41, 5.74) is 2.61. The standard InChI is InChI=1S/C24H23F2N7O/c1-15-13-31(14-27-15)21-8-5-18(28-23(21)34-3)6-9-22-29-24-32(30-22)11-10-16(2)33(24)20-7-4-17(25)12-19(20)26/h4-9,12-14,16H,10-11H2,1-3H3/b9-6+/t16-/m0/s1. The maximum atomic E-state index is 14.5. The largest absolute Gasteiger partial charge is 0.479 e. The van der Waals surface area contributed by atoms with E-state index in [1.807, 2.05) is 36.7 Å². The van der Waals surface area contributed by atoms with Crippen LogP contribution in [-0.4, -0.2) is 42.5 Å². The van der Waals surface area contributed by atoms with E-state index in [1.54, 1.807) is 35.2 Å². The molecule has 0 spiro atoms. The Hall–Kier alpha value is -4.08. The number of nitrogens with zero attached hydrogens (tertiary/aromatic N) is 7. The van der Waals surface area contributed by atoms with Crippen LogP contribution in [0.1, 0.15) is 30.6 Å². The van der Waals surface area contributed by atoms with Gasteiger partial charge >= 0.3 is 0 Å². The van der Waals surface area contributed by atoms with Crippen LogP contribution in [0.5, 0.6) is 5.88 Å². The van der Waals surface area contributed by atoms with Crippen LogP contribution in [0.15, 0.2) is 42.9 Å². The molecule has 0 unspecified atom stereocenters. The van der Waals surface area contributed by atoms with Crippen molar-refractivity contribution in [3.05, 3.63) is 71.7 Å².